The topological polar surface area (TPSA) is 111 Å². The Kier molecular flexibility index (Phi) is 5.16. The first-order valence-electron chi connectivity index (χ1n) is 8.86. The Morgan fingerprint density at radius 3 is 2.85 bits per heavy atom. The van der Waals surface area contributed by atoms with Gasteiger partial charge in [-0.1, -0.05) is 12.1 Å². The average molecular weight is 373 g/mol. The summed E-state index contributed by atoms with van der Waals surface area (Å²) in [6.45, 7) is 5.20. The smallest absolute Gasteiger partial charge is 0.408 e. The number of benzene rings is 1. The molecule has 1 fully saturated rings. The fourth-order valence-electron chi connectivity index (χ4n) is 3.06. The summed E-state index contributed by atoms with van der Waals surface area (Å²) in [6.07, 6.45) is 0.551. The molecule has 3 rings (SSSR count). The number of hydrogen-bond donors (Lipinski definition) is 2. The number of carbonyl (C=O) groups is 3. The Morgan fingerprint density at radius 2 is 2.19 bits per heavy atom. The molecule has 0 radical (unpaired) electrons. The maximum absolute atomic E-state index is 12.3. The minimum absolute atomic E-state index is 0.186. The first-order chi connectivity index (χ1) is 12.7. The predicted octanol–water partition coefficient (Wildman–Crippen LogP) is 2.49. The largest absolute Gasteiger partial charge is 0.444 e. The molecule has 0 saturated carbocycles. The molecule has 1 aromatic carbocycles. The van der Waals surface area contributed by atoms with Gasteiger partial charge in [-0.2, -0.15) is 0 Å². The lowest BCUT2D eigenvalue weighted by atomic mass is 9.97. The van der Waals surface area contributed by atoms with E-state index in [-0.39, 0.29) is 18.4 Å². The van der Waals surface area contributed by atoms with Crippen LogP contribution in [0.3, 0.4) is 0 Å². The minimum atomic E-state index is -0.807. The number of nitrogens with one attached hydrogen (secondary N) is 2. The molecule has 27 heavy (non-hydrogen) atoms. The number of nitrogens with zero attached hydrogens (tertiary/aromatic N) is 1. The van der Waals surface area contributed by atoms with E-state index < -0.39 is 23.7 Å². The van der Waals surface area contributed by atoms with Gasteiger partial charge < -0.3 is 24.6 Å². The molecule has 2 aromatic rings. The van der Waals surface area contributed by atoms with Gasteiger partial charge in [0.1, 0.15) is 23.4 Å². The van der Waals surface area contributed by atoms with Crippen molar-refractivity contribution in [3.8, 4) is 0 Å². The zero-order valence-corrected chi connectivity index (χ0v) is 15.5. The molecule has 0 aliphatic carbocycles. The molecule has 1 aliphatic rings. The van der Waals surface area contributed by atoms with Gasteiger partial charge in [0.15, 0.2) is 5.58 Å². The van der Waals surface area contributed by atoms with Crippen molar-refractivity contribution in [3.63, 3.8) is 0 Å². The van der Waals surface area contributed by atoms with Crippen molar-refractivity contribution in [2.75, 3.05) is 0 Å². The standard InChI is InChI=1S/C19H23N3O5/c1-19(2,3)27-18(25)20-12(10-23)8-11-9-14(21-16(11)24)17-22-13-6-4-5-7-15(13)26-17/h4-7,10-12,14H,8-9H2,1-3H3,(H,20,25)(H,21,24)/t11-,12?,14?/m1/s1. The number of aromatic nitrogens is 1. The number of para-hydroxylation sites is 2. The van der Waals surface area contributed by atoms with Crippen molar-refractivity contribution in [3.05, 3.63) is 30.2 Å². The average Bonchev–Trinajstić information content (AvgIpc) is 3.16. The number of ether oxygens (including phenoxy) is 1. The van der Waals surface area contributed by atoms with E-state index in [1.165, 1.54) is 0 Å². The highest BCUT2D eigenvalue weighted by Crippen LogP contribution is 2.31. The van der Waals surface area contributed by atoms with Crippen LogP contribution in [0, 0.1) is 5.92 Å². The monoisotopic (exact) mass is 373 g/mol. The normalized spacial score (nSPS) is 20.9. The zero-order valence-electron chi connectivity index (χ0n) is 15.5. The lowest BCUT2D eigenvalue weighted by Crippen LogP contribution is -2.41. The molecule has 8 heteroatoms. The van der Waals surface area contributed by atoms with Gasteiger partial charge in [-0.05, 0) is 45.7 Å². The van der Waals surface area contributed by atoms with Gasteiger partial charge in [-0.25, -0.2) is 9.78 Å². The van der Waals surface area contributed by atoms with Crippen LogP contribution in [0.5, 0.6) is 0 Å². The van der Waals surface area contributed by atoms with Gasteiger partial charge in [0.2, 0.25) is 11.8 Å². The first kappa shape index (κ1) is 18.9. The summed E-state index contributed by atoms with van der Waals surface area (Å²) in [5.74, 6) is -0.190. The van der Waals surface area contributed by atoms with E-state index in [9.17, 15) is 14.4 Å². The van der Waals surface area contributed by atoms with Crippen LogP contribution in [-0.4, -0.2) is 34.9 Å². The molecular weight excluding hydrogens is 350 g/mol. The molecule has 0 spiro atoms. The first-order valence-corrected chi connectivity index (χ1v) is 8.86. The molecule has 1 aliphatic heterocycles. The van der Waals surface area contributed by atoms with E-state index >= 15 is 0 Å². The third-order valence-corrected chi connectivity index (χ3v) is 4.22. The molecule has 1 aromatic heterocycles. The number of carbonyl (C=O) groups excluding carboxylic acids is 3. The third-order valence-electron chi connectivity index (χ3n) is 4.22. The molecule has 0 bridgehead atoms. The summed E-state index contributed by atoms with van der Waals surface area (Å²) in [5, 5.41) is 5.35. The van der Waals surface area contributed by atoms with Gasteiger partial charge in [-0.3, -0.25) is 4.79 Å². The summed E-state index contributed by atoms with van der Waals surface area (Å²) < 4.78 is 10.9. The summed E-state index contributed by atoms with van der Waals surface area (Å²) in [5.41, 5.74) is 0.713. The molecule has 144 valence electrons. The number of amides is 2. The lowest BCUT2D eigenvalue weighted by Gasteiger charge is -2.22. The van der Waals surface area contributed by atoms with Gasteiger partial charge >= 0.3 is 6.09 Å². The van der Waals surface area contributed by atoms with Crippen molar-refractivity contribution >= 4 is 29.4 Å². The molecule has 2 heterocycles. The summed E-state index contributed by atoms with van der Waals surface area (Å²) in [4.78, 5) is 39.9. The molecular formula is C19H23N3O5. The van der Waals surface area contributed by atoms with Crippen LogP contribution in [-0.2, 0) is 14.3 Å². The fourth-order valence-corrected chi connectivity index (χ4v) is 3.06. The van der Waals surface area contributed by atoms with E-state index in [2.05, 4.69) is 15.6 Å². The number of alkyl carbamates (subject to hydrolysis) is 1. The second-order valence-corrected chi connectivity index (χ2v) is 7.64. The van der Waals surface area contributed by atoms with Crippen LogP contribution in [0.25, 0.3) is 11.1 Å². The molecule has 2 N–H and O–H groups in total. The fraction of sp³-hybridized carbons (Fsp3) is 0.474. The molecule has 3 atom stereocenters. The van der Waals surface area contributed by atoms with Crippen molar-refractivity contribution in [2.24, 2.45) is 5.92 Å². The Morgan fingerprint density at radius 1 is 1.44 bits per heavy atom. The number of fused-ring (bicyclic) bond motifs is 1. The maximum Gasteiger partial charge on any atom is 0.408 e. The van der Waals surface area contributed by atoms with E-state index in [0.717, 1.165) is 5.52 Å². The van der Waals surface area contributed by atoms with Crippen molar-refractivity contribution in [1.29, 1.82) is 0 Å². The Bertz CT molecular complexity index is 821. The van der Waals surface area contributed by atoms with Crippen molar-refractivity contribution in [2.45, 2.75) is 51.3 Å². The van der Waals surface area contributed by atoms with Crippen LogP contribution < -0.4 is 10.6 Å². The van der Waals surface area contributed by atoms with Crippen LogP contribution in [0.15, 0.2) is 28.7 Å². The van der Waals surface area contributed by atoms with E-state index in [1.54, 1.807) is 20.8 Å². The number of oxazole rings is 1. The summed E-state index contributed by atoms with van der Waals surface area (Å²) in [6, 6.07) is 6.20. The number of aldehydes is 1. The SMILES string of the molecule is CC(C)(C)OC(=O)NC(C=O)C[C@@H]1CC(c2nc3ccccc3o2)NC1=O. The number of rotatable bonds is 5. The summed E-state index contributed by atoms with van der Waals surface area (Å²) >= 11 is 0. The zero-order chi connectivity index (χ0) is 19.6. The minimum Gasteiger partial charge on any atom is -0.444 e. The molecule has 2 unspecified atom stereocenters. The van der Waals surface area contributed by atoms with Crippen LogP contribution in [0.4, 0.5) is 4.79 Å². The molecule has 1 saturated heterocycles. The lowest BCUT2D eigenvalue weighted by molar-refractivity contribution is -0.123. The predicted molar refractivity (Wildman–Crippen MR) is 96.8 cm³/mol. The second kappa shape index (κ2) is 7.38. The van der Waals surface area contributed by atoms with Crippen molar-refractivity contribution in [1.82, 2.24) is 15.6 Å². The molecule has 2 amide bonds. The van der Waals surface area contributed by atoms with E-state index in [4.69, 9.17) is 9.15 Å². The second-order valence-electron chi connectivity index (χ2n) is 7.64. The maximum atomic E-state index is 12.3. The van der Waals surface area contributed by atoms with Crippen LogP contribution >= 0.6 is 0 Å². The highest BCUT2D eigenvalue weighted by molar-refractivity contribution is 5.82. The van der Waals surface area contributed by atoms with Gasteiger partial charge in [0.25, 0.3) is 0 Å². The van der Waals surface area contributed by atoms with Gasteiger partial charge in [0.05, 0.1) is 6.04 Å². The Hall–Kier alpha value is -2.90. The van der Waals surface area contributed by atoms with Crippen LogP contribution in [0.1, 0.15) is 45.5 Å². The van der Waals surface area contributed by atoms with E-state index in [0.29, 0.717) is 24.2 Å². The van der Waals surface area contributed by atoms with Crippen molar-refractivity contribution < 1.29 is 23.5 Å². The number of hydrogen-bond acceptors (Lipinski definition) is 6. The molecule has 8 nitrogen and oxygen atoms in total. The van der Waals surface area contributed by atoms with Gasteiger partial charge in [-0.15, -0.1) is 0 Å². The highest BCUT2D eigenvalue weighted by atomic mass is 16.6. The summed E-state index contributed by atoms with van der Waals surface area (Å²) in [7, 11) is 0. The quantitative estimate of drug-likeness (QED) is 0.779. The van der Waals surface area contributed by atoms with Gasteiger partial charge in [0, 0.05) is 5.92 Å². The van der Waals surface area contributed by atoms with E-state index in [1.807, 2.05) is 24.3 Å². The third kappa shape index (κ3) is 4.64. The van der Waals surface area contributed by atoms with Crippen LogP contribution in [0.2, 0.25) is 0 Å². The Balaban J connectivity index is 1.62. The highest BCUT2D eigenvalue weighted by Gasteiger charge is 2.37. The Labute approximate surface area is 156 Å².